The van der Waals surface area contributed by atoms with Crippen molar-refractivity contribution in [2.75, 3.05) is 24.3 Å². The summed E-state index contributed by atoms with van der Waals surface area (Å²) in [7, 11) is 3.97. The standard InChI is InChI=1S/C20H23N3O2/c1-12(2)20-22-16-8-7-15(11-18(16)25-20)21-19(24)14-6-9-17(23(4)5)13(3)10-14/h6-12H,1-5H3,(H,21,24). The maximum Gasteiger partial charge on any atom is 0.255 e. The lowest BCUT2D eigenvalue weighted by Crippen LogP contribution is -2.14. The number of carbonyl (C=O) groups excluding carboxylic acids is 1. The molecule has 0 unspecified atom stereocenters. The largest absolute Gasteiger partial charge is 0.440 e. The van der Waals surface area contributed by atoms with Gasteiger partial charge in [-0.15, -0.1) is 0 Å². The third-order valence-corrected chi connectivity index (χ3v) is 4.10. The summed E-state index contributed by atoms with van der Waals surface area (Å²) < 4.78 is 5.75. The van der Waals surface area contributed by atoms with Crippen LogP contribution in [0.1, 0.15) is 41.6 Å². The van der Waals surface area contributed by atoms with Crippen molar-refractivity contribution in [1.29, 1.82) is 0 Å². The molecule has 0 aliphatic carbocycles. The Morgan fingerprint density at radius 2 is 1.92 bits per heavy atom. The summed E-state index contributed by atoms with van der Waals surface area (Å²) in [5, 5.41) is 2.92. The molecule has 130 valence electrons. The topological polar surface area (TPSA) is 58.4 Å². The molecule has 0 bridgehead atoms. The molecule has 0 fully saturated rings. The second-order valence-electron chi connectivity index (χ2n) is 6.74. The molecule has 3 rings (SSSR count). The van der Waals surface area contributed by atoms with Crippen molar-refractivity contribution in [3.05, 3.63) is 53.4 Å². The molecule has 0 spiro atoms. The minimum absolute atomic E-state index is 0.142. The number of fused-ring (bicyclic) bond motifs is 1. The van der Waals surface area contributed by atoms with Crippen molar-refractivity contribution in [3.63, 3.8) is 0 Å². The van der Waals surface area contributed by atoms with Crippen molar-refractivity contribution >= 4 is 28.4 Å². The molecule has 1 aromatic heterocycles. The molecule has 1 N–H and O–H groups in total. The third kappa shape index (κ3) is 3.50. The van der Waals surface area contributed by atoms with E-state index in [4.69, 9.17) is 4.42 Å². The summed E-state index contributed by atoms with van der Waals surface area (Å²) in [5.74, 6) is 0.786. The van der Waals surface area contributed by atoms with Gasteiger partial charge in [-0.25, -0.2) is 4.98 Å². The Morgan fingerprint density at radius 3 is 2.56 bits per heavy atom. The lowest BCUT2D eigenvalue weighted by atomic mass is 10.1. The van der Waals surface area contributed by atoms with E-state index >= 15 is 0 Å². The molecule has 0 atom stereocenters. The molecule has 5 heteroatoms. The van der Waals surface area contributed by atoms with Crippen LogP contribution in [-0.2, 0) is 0 Å². The van der Waals surface area contributed by atoms with Crippen LogP contribution in [0.5, 0.6) is 0 Å². The Balaban J connectivity index is 1.83. The Kier molecular flexibility index (Phi) is 4.49. The average Bonchev–Trinajstić information content (AvgIpc) is 2.98. The van der Waals surface area contributed by atoms with Crippen LogP contribution in [0.25, 0.3) is 11.1 Å². The van der Waals surface area contributed by atoms with Crippen LogP contribution in [0.15, 0.2) is 40.8 Å². The first-order chi connectivity index (χ1) is 11.8. The zero-order valence-corrected chi connectivity index (χ0v) is 15.3. The molecule has 1 heterocycles. The fourth-order valence-corrected chi connectivity index (χ4v) is 2.77. The number of aryl methyl sites for hydroxylation is 1. The first-order valence-corrected chi connectivity index (χ1v) is 8.35. The number of carbonyl (C=O) groups is 1. The molecule has 0 saturated heterocycles. The fraction of sp³-hybridized carbons (Fsp3) is 0.300. The van der Waals surface area contributed by atoms with Crippen LogP contribution in [0.4, 0.5) is 11.4 Å². The minimum atomic E-state index is -0.142. The van der Waals surface area contributed by atoms with Gasteiger partial charge in [-0.05, 0) is 42.8 Å². The second-order valence-corrected chi connectivity index (χ2v) is 6.74. The van der Waals surface area contributed by atoms with Gasteiger partial charge in [-0.2, -0.15) is 0 Å². The van der Waals surface area contributed by atoms with Gasteiger partial charge < -0.3 is 14.6 Å². The van der Waals surface area contributed by atoms with Crippen LogP contribution >= 0.6 is 0 Å². The third-order valence-electron chi connectivity index (χ3n) is 4.10. The van der Waals surface area contributed by atoms with E-state index in [1.54, 1.807) is 0 Å². The highest BCUT2D eigenvalue weighted by Crippen LogP contribution is 2.25. The smallest absolute Gasteiger partial charge is 0.255 e. The number of rotatable bonds is 4. The number of amides is 1. The number of benzene rings is 2. The molecule has 25 heavy (non-hydrogen) atoms. The zero-order valence-electron chi connectivity index (χ0n) is 15.3. The summed E-state index contributed by atoms with van der Waals surface area (Å²) in [6.07, 6.45) is 0. The summed E-state index contributed by atoms with van der Waals surface area (Å²) in [5.41, 5.74) is 4.96. The van der Waals surface area contributed by atoms with Gasteiger partial charge in [0.2, 0.25) is 0 Å². The van der Waals surface area contributed by atoms with Crippen molar-refractivity contribution in [3.8, 4) is 0 Å². The van der Waals surface area contributed by atoms with Gasteiger partial charge in [0.05, 0.1) is 0 Å². The quantitative estimate of drug-likeness (QED) is 0.757. The SMILES string of the molecule is Cc1cc(C(=O)Nc2ccc3nc(C(C)C)oc3c2)ccc1N(C)C. The second kappa shape index (κ2) is 6.59. The predicted molar refractivity (Wildman–Crippen MR) is 102 cm³/mol. The predicted octanol–water partition coefficient (Wildman–Crippen LogP) is 4.58. The molecule has 3 aromatic rings. The van der Waals surface area contributed by atoms with Gasteiger partial charge in [-0.1, -0.05) is 13.8 Å². The van der Waals surface area contributed by atoms with E-state index in [0.717, 1.165) is 16.8 Å². The average molecular weight is 337 g/mol. The molecule has 2 aromatic carbocycles. The first-order valence-electron chi connectivity index (χ1n) is 8.35. The number of aromatic nitrogens is 1. The fourth-order valence-electron chi connectivity index (χ4n) is 2.77. The highest BCUT2D eigenvalue weighted by molar-refractivity contribution is 6.05. The summed E-state index contributed by atoms with van der Waals surface area (Å²) >= 11 is 0. The summed E-state index contributed by atoms with van der Waals surface area (Å²) in [4.78, 5) is 19.0. The number of anilines is 2. The summed E-state index contributed by atoms with van der Waals surface area (Å²) in [6.45, 7) is 6.07. The van der Waals surface area contributed by atoms with Gasteiger partial charge in [0.15, 0.2) is 11.5 Å². The number of nitrogens with one attached hydrogen (secondary N) is 1. The van der Waals surface area contributed by atoms with Gasteiger partial charge in [-0.3, -0.25) is 4.79 Å². The monoisotopic (exact) mass is 337 g/mol. The van der Waals surface area contributed by atoms with Crippen LogP contribution in [0, 0.1) is 6.92 Å². The number of hydrogen-bond acceptors (Lipinski definition) is 4. The van der Waals surface area contributed by atoms with Crippen molar-refractivity contribution in [2.45, 2.75) is 26.7 Å². The molecule has 0 radical (unpaired) electrons. The molecule has 1 amide bonds. The Bertz CT molecular complexity index is 926. The van der Waals surface area contributed by atoms with E-state index < -0.39 is 0 Å². The van der Waals surface area contributed by atoms with Crippen LogP contribution in [0.3, 0.4) is 0 Å². The number of oxazole rings is 1. The summed E-state index contributed by atoms with van der Waals surface area (Å²) in [6, 6.07) is 11.2. The Hall–Kier alpha value is -2.82. The lowest BCUT2D eigenvalue weighted by molar-refractivity contribution is 0.102. The van der Waals surface area contributed by atoms with E-state index in [1.807, 2.05) is 76.2 Å². The van der Waals surface area contributed by atoms with Crippen molar-refractivity contribution < 1.29 is 9.21 Å². The molecular formula is C20H23N3O2. The highest BCUT2D eigenvalue weighted by atomic mass is 16.3. The van der Waals surface area contributed by atoms with Crippen molar-refractivity contribution in [2.24, 2.45) is 0 Å². The number of nitrogens with zero attached hydrogens (tertiary/aromatic N) is 2. The minimum Gasteiger partial charge on any atom is -0.440 e. The first kappa shape index (κ1) is 17.0. The maximum absolute atomic E-state index is 12.5. The van der Waals surface area contributed by atoms with E-state index in [0.29, 0.717) is 22.7 Å². The van der Waals surface area contributed by atoms with E-state index in [-0.39, 0.29) is 11.8 Å². The Morgan fingerprint density at radius 1 is 1.16 bits per heavy atom. The Labute approximate surface area is 147 Å². The molecule has 0 saturated carbocycles. The normalized spacial score (nSPS) is 11.1. The van der Waals surface area contributed by atoms with Gasteiger partial charge >= 0.3 is 0 Å². The van der Waals surface area contributed by atoms with Crippen LogP contribution in [0.2, 0.25) is 0 Å². The number of hydrogen-bond donors (Lipinski definition) is 1. The maximum atomic E-state index is 12.5. The van der Waals surface area contributed by atoms with E-state index in [2.05, 4.69) is 10.3 Å². The molecular weight excluding hydrogens is 314 g/mol. The molecule has 5 nitrogen and oxygen atoms in total. The lowest BCUT2D eigenvalue weighted by Gasteiger charge is -2.16. The molecule has 0 aliphatic rings. The van der Waals surface area contributed by atoms with Crippen LogP contribution < -0.4 is 10.2 Å². The highest BCUT2D eigenvalue weighted by Gasteiger charge is 2.12. The molecule has 0 aliphatic heterocycles. The van der Waals surface area contributed by atoms with E-state index in [9.17, 15) is 4.79 Å². The van der Waals surface area contributed by atoms with Crippen molar-refractivity contribution in [1.82, 2.24) is 4.98 Å². The van der Waals surface area contributed by atoms with E-state index in [1.165, 1.54) is 0 Å². The van der Waals surface area contributed by atoms with Gasteiger partial charge in [0, 0.05) is 43.0 Å². The van der Waals surface area contributed by atoms with Gasteiger partial charge in [0.25, 0.3) is 5.91 Å². The van der Waals surface area contributed by atoms with Gasteiger partial charge in [0.1, 0.15) is 5.52 Å². The van der Waals surface area contributed by atoms with Crippen LogP contribution in [-0.4, -0.2) is 25.0 Å². The zero-order chi connectivity index (χ0) is 18.1.